The van der Waals surface area contributed by atoms with Gasteiger partial charge in [0.05, 0.1) is 16.6 Å². The van der Waals surface area contributed by atoms with E-state index in [1.54, 1.807) is 6.20 Å². The predicted molar refractivity (Wildman–Crippen MR) is 70.0 cm³/mol. The molecule has 0 saturated carbocycles. The summed E-state index contributed by atoms with van der Waals surface area (Å²) < 4.78 is 0.857. The molecule has 5 heteroatoms. The van der Waals surface area contributed by atoms with Crippen LogP contribution in [0.1, 0.15) is 0 Å². The van der Waals surface area contributed by atoms with Crippen molar-refractivity contribution in [1.82, 2.24) is 9.97 Å². The molecule has 2 aromatic heterocycles. The fourth-order valence-electron chi connectivity index (χ4n) is 1.59. The van der Waals surface area contributed by atoms with E-state index in [9.17, 15) is 4.79 Å². The molecule has 0 bridgehead atoms. The number of nitrogens with one attached hydrogen (secondary N) is 2. The van der Waals surface area contributed by atoms with Gasteiger partial charge in [0.15, 0.2) is 5.65 Å². The van der Waals surface area contributed by atoms with Gasteiger partial charge in [0, 0.05) is 5.69 Å². The van der Waals surface area contributed by atoms with Gasteiger partial charge in [0.1, 0.15) is 0 Å². The second kappa shape index (κ2) is 4.03. The van der Waals surface area contributed by atoms with Crippen molar-refractivity contribution in [2.45, 2.75) is 0 Å². The van der Waals surface area contributed by atoms with E-state index >= 15 is 0 Å². The van der Waals surface area contributed by atoms with Crippen molar-refractivity contribution in [1.29, 1.82) is 0 Å². The number of fused-ring (bicyclic) bond motifs is 1. The number of aromatic amines is 1. The minimum Gasteiger partial charge on any atom is -0.354 e. The molecular weight excluding hydrogens is 234 g/mol. The first kappa shape index (κ1) is 10.0. The SMILES string of the molecule is O=c1[nH]c2ncc(Nc3ccccc3)cc2s1. The van der Waals surface area contributed by atoms with Gasteiger partial charge in [0.25, 0.3) is 0 Å². The Labute approximate surface area is 101 Å². The number of anilines is 2. The van der Waals surface area contributed by atoms with Crippen molar-refractivity contribution in [3.63, 3.8) is 0 Å². The number of benzene rings is 1. The van der Waals surface area contributed by atoms with Crippen LogP contribution in [0.2, 0.25) is 0 Å². The van der Waals surface area contributed by atoms with Crippen LogP contribution in [-0.2, 0) is 0 Å². The maximum Gasteiger partial charge on any atom is 0.306 e. The molecule has 2 heterocycles. The van der Waals surface area contributed by atoms with Gasteiger partial charge in [-0.1, -0.05) is 29.5 Å². The van der Waals surface area contributed by atoms with Gasteiger partial charge in [-0.2, -0.15) is 0 Å². The molecule has 0 spiro atoms. The zero-order valence-electron chi connectivity index (χ0n) is 8.81. The minimum atomic E-state index is -0.0793. The second-order valence-corrected chi connectivity index (χ2v) is 4.59. The van der Waals surface area contributed by atoms with Crippen LogP contribution in [0.3, 0.4) is 0 Å². The van der Waals surface area contributed by atoms with Crippen LogP contribution in [-0.4, -0.2) is 9.97 Å². The highest BCUT2D eigenvalue weighted by molar-refractivity contribution is 7.16. The first-order valence-corrected chi connectivity index (χ1v) is 5.94. The van der Waals surface area contributed by atoms with Crippen LogP contribution in [0.15, 0.2) is 47.4 Å². The lowest BCUT2D eigenvalue weighted by atomic mass is 10.3. The summed E-state index contributed by atoms with van der Waals surface area (Å²) in [4.78, 5) is 17.9. The maximum atomic E-state index is 11.2. The normalized spacial score (nSPS) is 10.6. The summed E-state index contributed by atoms with van der Waals surface area (Å²) in [7, 11) is 0. The fraction of sp³-hybridized carbons (Fsp3) is 0. The third-order valence-corrected chi connectivity index (χ3v) is 3.16. The van der Waals surface area contributed by atoms with E-state index in [0.29, 0.717) is 5.65 Å². The molecule has 3 aromatic rings. The Bertz CT molecular complexity index is 702. The Morgan fingerprint density at radius 3 is 2.82 bits per heavy atom. The quantitative estimate of drug-likeness (QED) is 0.727. The van der Waals surface area contributed by atoms with Gasteiger partial charge < -0.3 is 5.32 Å². The van der Waals surface area contributed by atoms with Crippen molar-refractivity contribution in [2.24, 2.45) is 0 Å². The number of para-hydroxylation sites is 1. The lowest BCUT2D eigenvalue weighted by molar-refractivity contribution is 1.29. The number of thiazole rings is 1. The topological polar surface area (TPSA) is 57.8 Å². The van der Waals surface area contributed by atoms with E-state index in [-0.39, 0.29) is 4.87 Å². The molecule has 0 atom stereocenters. The molecule has 3 rings (SSSR count). The first-order valence-electron chi connectivity index (χ1n) is 5.12. The Morgan fingerprint density at radius 2 is 2.00 bits per heavy atom. The van der Waals surface area contributed by atoms with Crippen LogP contribution in [0.5, 0.6) is 0 Å². The van der Waals surface area contributed by atoms with E-state index in [1.807, 2.05) is 36.4 Å². The zero-order valence-corrected chi connectivity index (χ0v) is 9.62. The number of aromatic nitrogens is 2. The third kappa shape index (κ3) is 2.05. The highest BCUT2D eigenvalue weighted by Crippen LogP contribution is 2.20. The molecule has 17 heavy (non-hydrogen) atoms. The van der Waals surface area contributed by atoms with Gasteiger partial charge >= 0.3 is 4.87 Å². The van der Waals surface area contributed by atoms with E-state index in [1.165, 1.54) is 0 Å². The molecule has 0 aliphatic heterocycles. The summed E-state index contributed by atoms with van der Waals surface area (Å²) in [6.45, 7) is 0. The molecule has 2 N–H and O–H groups in total. The predicted octanol–water partition coefficient (Wildman–Crippen LogP) is 2.73. The Morgan fingerprint density at radius 1 is 1.18 bits per heavy atom. The van der Waals surface area contributed by atoms with Crippen molar-refractivity contribution in [3.05, 3.63) is 52.3 Å². The largest absolute Gasteiger partial charge is 0.354 e. The van der Waals surface area contributed by atoms with E-state index in [2.05, 4.69) is 15.3 Å². The fourth-order valence-corrected chi connectivity index (χ4v) is 2.33. The number of rotatable bonds is 2. The van der Waals surface area contributed by atoms with Crippen LogP contribution in [0.25, 0.3) is 10.3 Å². The summed E-state index contributed by atoms with van der Waals surface area (Å²) in [6, 6.07) is 11.8. The van der Waals surface area contributed by atoms with Crippen LogP contribution in [0.4, 0.5) is 11.4 Å². The summed E-state index contributed by atoms with van der Waals surface area (Å²) in [6.07, 6.45) is 1.71. The zero-order chi connectivity index (χ0) is 11.7. The Hall–Kier alpha value is -2.14. The summed E-state index contributed by atoms with van der Waals surface area (Å²) in [5.74, 6) is 0. The minimum absolute atomic E-state index is 0.0793. The monoisotopic (exact) mass is 243 g/mol. The highest BCUT2D eigenvalue weighted by Gasteiger charge is 2.02. The van der Waals surface area contributed by atoms with Crippen molar-refractivity contribution in [2.75, 3.05) is 5.32 Å². The van der Waals surface area contributed by atoms with Crippen LogP contribution >= 0.6 is 11.3 Å². The molecule has 0 aliphatic carbocycles. The molecular formula is C12H9N3OS. The van der Waals surface area contributed by atoms with E-state index in [4.69, 9.17) is 0 Å². The Kier molecular flexibility index (Phi) is 2.38. The van der Waals surface area contributed by atoms with Crippen molar-refractivity contribution < 1.29 is 0 Å². The smallest absolute Gasteiger partial charge is 0.306 e. The number of pyridine rings is 1. The van der Waals surface area contributed by atoms with Crippen molar-refractivity contribution in [3.8, 4) is 0 Å². The molecule has 0 aliphatic rings. The van der Waals surface area contributed by atoms with E-state index < -0.39 is 0 Å². The summed E-state index contributed by atoms with van der Waals surface area (Å²) >= 11 is 1.16. The molecule has 0 unspecified atom stereocenters. The standard InChI is InChI=1S/C12H9N3OS/c16-12-15-11-10(17-12)6-9(7-13-11)14-8-4-2-1-3-5-8/h1-7,14H,(H,13,15,16). The lowest BCUT2D eigenvalue weighted by Gasteiger charge is -2.04. The average molecular weight is 243 g/mol. The Balaban J connectivity index is 1.98. The van der Waals surface area contributed by atoms with Gasteiger partial charge in [-0.25, -0.2) is 4.98 Å². The lowest BCUT2D eigenvalue weighted by Crippen LogP contribution is -1.92. The summed E-state index contributed by atoms with van der Waals surface area (Å²) in [5, 5.41) is 3.23. The van der Waals surface area contributed by atoms with Gasteiger partial charge in [-0.05, 0) is 18.2 Å². The number of nitrogens with zero attached hydrogens (tertiary/aromatic N) is 1. The van der Waals surface area contributed by atoms with Crippen LogP contribution in [0, 0.1) is 0 Å². The third-order valence-electron chi connectivity index (χ3n) is 2.34. The number of H-pyrrole nitrogens is 1. The van der Waals surface area contributed by atoms with Crippen LogP contribution < -0.4 is 10.2 Å². The number of hydrogen-bond acceptors (Lipinski definition) is 4. The second-order valence-electron chi connectivity index (χ2n) is 3.58. The number of hydrogen-bond donors (Lipinski definition) is 2. The molecule has 0 saturated heterocycles. The molecule has 84 valence electrons. The summed E-state index contributed by atoms with van der Waals surface area (Å²) in [5.41, 5.74) is 2.51. The van der Waals surface area contributed by atoms with Gasteiger partial charge in [-0.3, -0.25) is 9.78 Å². The molecule has 0 radical (unpaired) electrons. The van der Waals surface area contributed by atoms with Crippen molar-refractivity contribution >= 4 is 33.1 Å². The van der Waals surface area contributed by atoms with E-state index in [0.717, 1.165) is 27.4 Å². The maximum absolute atomic E-state index is 11.2. The average Bonchev–Trinajstić information content (AvgIpc) is 2.70. The molecule has 0 amide bonds. The van der Waals surface area contributed by atoms with Gasteiger partial charge in [0.2, 0.25) is 0 Å². The molecule has 1 aromatic carbocycles. The van der Waals surface area contributed by atoms with Gasteiger partial charge in [-0.15, -0.1) is 0 Å². The first-order chi connectivity index (χ1) is 8.31. The molecule has 0 fully saturated rings. The molecule has 4 nitrogen and oxygen atoms in total. The highest BCUT2D eigenvalue weighted by atomic mass is 32.1.